The van der Waals surface area contributed by atoms with E-state index in [2.05, 4.69) is 33.0 Å². The highest BCUT2D eigenvalue weighted by atomic mass is 16.4. The SMILES string of the molecule is CC(C)(CNC(C)(C)CCN)CC(C)(C)C(=O)O. The van der Waals surface area contributed by atoms with Gasteiger partial charge >= 0.3 is 5.97 Å². The first kappa shape index (κ1) is 17.4. The van der Waals surface area contributed by atoms with Crippen LogP contribution in [0.3, 0.4) is 0 Å². The molecule has 0 atom stereocenters. The number of nitrogens with one attached hydrogen (secondary N) is 1. The first-order valence-electron chi connectivity index (χ1n) is 6.60. The van der Waals surface area contributed by atoms with Gasteiger partial charge in [0.05, 0.1) is 5.41 Å². The number of carboxylic acids is 1. The van der Waals surface area contributed by atoms with E-state index in [0.717, 1.165) is 13.0 Å². The monoisotopic (exact) mass is 258 g/mol. The minimum atomic E-state index is -0.739. The van der Waals surface area contributed by atoms with Gasteiger partial charge in [-0.05, 0) is 52.5 Å². The van der Waals surface area contributed by atoms with Crippen LogP contribution >= 0.6 is 0 Å². The molecule has 0 aliphatic heterocycles. The van der Waals surface area contributed by atoms with E-state index in [4.69, 9.17) is 5.73 Å². The van der Waals surface area contributed by atoms with Gasteiger partial charge in [-0.2, -0.15) is 0 Å². The third kappa shape index (κ3) is 6.36. The largest absolute Gasteiger partial charge is 0.481 e. The van der Waals surface area contributed by atoms with Crippen LogP contribution in [0.15, 0.2) is 0 Å². The summed E-state index contributed by atoms with van der Waals surface area (Å²) in [6.07, 6.45) is 1.55. The van der Waals surface area contributed by atoms with E-state index in [9.17, 15) is 9.90 Å². The van der Waals surface area contributed by atoms with Gasteiger partial charge in [-0.25, -0.2) is 0 Å². The van der Waals surface area contributed by atoms with Gasteiger partial charge < -0.3 is 16.2 Å². The van der Waals surface area contributed by atoms with Crippen molar-refractivity contribution in [3.63, 3.8) is 0 Å². The molecular formula is C14H30N2O2. The van der Waals surface area contributed by atoms with Crippen molar-refractivity contribution in [2.45, 2.75) is 59.9 Å². The maximum Gasteiger partial charge on any atom is 0.309 e. The molecule has 4 N–H and O–H groups in total. The van der Waals surface area contributed by atoms with Crippen molar-refractivity contribution in [3.05, 3.63) is 0 Å². The third-order valence-electron chi connectivity index (χ3n) is 3.31. The van der Waals surface area contributed by atoms with Gasteiger partial charge in [0.1, 0.15) is 0 Å². The number of hydrogen-bond acceptors (Lipinski definition) is 3. The molecule has 0 radical (unpaired) electrons. The maximum absolute atomic E-state index is 11.2. The fraction of sp³-hybridized carbons (Fsp3) is 0.929. The Bertz CT molecular complexity index is 284. The summed E-state index contributed by atoms with van der Waals surface area (Å²) in [5.74, 6) is -0.739. The van der Waals surface area contributed by atoms with Crippen molar-refractivity contribution in [3.8, 4) is 0 Å². The molecule has 0 aromatic rings. The van der Waals surface area contributed by atoms with Gasteiger partial charge in [0.25, 0.3) is 0 Å². The van der Waals surface area contributed by atoms with E-state index >= 15 is 0 Å². The molecule has 0 bridgehead atoms. The number of rotatable bonds is 8. The molecule has 4 heteroatoms. The molecular weight excluding hydrogens is 228 g/mol. The van der Waals surface area contributed by atoms with Crippen molar-refractivity contribution in [2.24, 2.45) is 16.6 Å². The molecule has 0 fully saturated rings. The van der Waals surface area contributed by atoms with Crippen LogP contribution in [-0.4, -0.2) is 29.7 Å². The molecule has 0 unspecified atom stereocenters. The zero-order valence-corrected chi connectivity index (χ0v) is 12.8. The molecule has 0 spiro atoms. The second kappa shape index (κ2) is 6.02. The predicted octanol–water partition coefficient (Wildman–Crippen LogP) is 2.23. The summed E-state index contributed by atoms with van der Waals surface area (Å²) in [6.45, 7) is 13.4. The lowest BCUT2D eigenvalue weighted by Crippen LogP contribution is -2.46. The summed E-state index contributed by atoms with van der Waals surface area (Å²) in [5, 5.41) is 12.7. The van der Waals surface area contributed by atoms with Crippen LogP contribution < -0.4 is 11.1 Å². The molecule has 0 heterocycles. The Morgan fingerprint density at radius 3 is 2.06 bits per heavy atom. The van der Waals surface area contributed by atoms with Crippen molar-refractivity contribution < 1.29 is 9.90 Å². The lowest BCUT2D eigenvalue weighted by molar-refractivity contribution is -0.148. The average molecular weight is 258 g/mol. The summed E-state index contributed by atoms with van der Waals surface area (Å²) in [6, 6.07) is 0. The fourth-order valence-electron chi connectivity index (χ4n) is 2.26. The van der Waals surface area contributed by atoms with E-state index in [1.54, 1.807) is 13.8 Å². The number of aliphatic carboxylic acids is 1. The van der Waals surface area contributed by atoms with Crippen LogP contribution in [-0.2, 0) is 4.79 Å². The topological polar surface area (TPSA) is 75.3 Å². The van der Waals surface area contributed by atoms with Gasteiger partial charge in [0.2, 0.25) is 0 Å². The van der Waals surface area contributed by atoms with E-state index in [1.165, 1.54) is 0 Å². The van der Waals surface area contributed by atoms with Crippen LogP contribution in [0, 0.1) is 10.8 Å². The fourth-order valence-corrected chi connectivity index (χ4v) is 2.26. The smallest absolute Gasteiger partial charge is 0.309 e. The Morgan fingerprint density at radius 2 is 1.67 bits per heavy atom. The van der Waals surface area contributed by atoms with E-state index < -0.39 is 11.4 Å². The minimum absolute atomic E-state index is 0.000609. The molecule has 0 aromatic carbocycles. The van der Waals surface area contributed by atoms with Crippen molar-refractivity contribution >= 4 is 5.97 Å². The predicted molar refractivity (Wildman–Crippen MR) is 75.6 cm³/mol. The van der Waals surface area contributed by atoms with Crippen molar-refractivity contribution in [2.75, 3.05) is 13.1 Å². The molecule has 0 rings (SSSR count). The van der Waals surface area contributed by atoms with Crippen LogP contribution in [0.25, 0.3) is 0 Å². The highest BCUT2D eigenvalue weighted by Gasteiger charge is 2.35. The highest BCUT2D eigenvalue weighted by Crippen LogP contribution is 2.33. The molecule has 0 aromatic heterocycles. The van der Waals surface area contributed by atoms with Gasteiger partial charge in [-0.1, -0.05) is 13.8 Å². The quantitative estimate of drug-likeness (QED) is 0.624. The van der Waals surface area contributed by atoms with E-state index in [1.807, 2.05) is 0 Å². The lowest BCUT2D eigenvalue weighted by atomic mass is 9.74. The second-order valence-electron chi connectivity index (χ2n) is 7.31. The Balaban J connectivity index is 4.45. The Morgan fingerprint density at radius 1 is 1.17 bits per heavy atom. The highest BCUT2D eigenvalue weighted by molar-refractivity contribution is 5.73. The van der Waals surface area contributed by atoms with Crippen LogP contribution in [0.1, 0.15) is 54.4 Å². The third-order valence-corrected chi connectivity index (χ3v) is 3.31. The molecule has 4 nitrogen and oxygen atoms in total. The standard InChI is InChI=1S/C14H30N2O2/c1-12(2,9-13(3,4)11(17)18)10-16-14(5,6)7-8-15/h16H,7-10,15H2,1-6H3,(H,17,18). The van der Waals surface area contributed by atoms with Crippen molar-refractivity contribution in [1.29, 1.82) is 0 Å². The number of hydrogen-bond donors (Lipinski definition) is 3. The molecule has 0 saturated heterocycles. The maximum atomic E-state index is 11.2. The Hall–Kier alpha value is -0.610. The molecule has 108 valence electrons. The van der Waals surface area contributed by atoms with Gasteiger partial charge in [-0.15, -0.1) is 0 Å². The van der Waals surface area contributed by atoms with Gasteiger partial charge in [0.15, 0.2) is 0 Å². The van der Waals surface area contributed by atoms with Crippen molar-refractivity contribution in [1.82, 2.24) is 5.32 Å². The Labute approximate surface area is 111 Å². The summed E-state index contributed by atoms with van der Waals surface area (Å²) in [4.78, 5) is 11.2. The van der Waals surface area contributed by atoms with Crippen LogP contribution in [0.2, 0.25) is 0 Å². The zero-order chi connectivity index (χ0) is 14.6. The normalized spacial score (nSPS) is 13.7. The molecule has 0 saturated carbocycles. The van der Waals surface area contributed by atoms with Gasteiger partial charge in [0, 0.05) is 12.1 Å². The summed E-state index contributed by atoms with van der Waals surface area (Å²) < 4.78 is 0. The van der Waals surface area contributed by atoms with E-state index in [0.29, 0.717) is 13.0 Å². The Kier molecular flexibility index (Phi) is 5.82. The molecule has 0 amide bonds. The van der Waals surface area contributed by atoms with Gasteiger partial charge in [-0.3, -0.25) is 4.79 Å². The number of nitrogens with two attached hydrogens (primary N) is 1. The summed E-state index contributed by atoms with van der Waals surface area (Å²) in [7, 11) is 0. The second-order valence-corrected chi connectivity index (χ2v) is 7.31. The van der Waals surface area contributed by atoms with E-state index in [-0.39, 0.29) is 11.0 Å². The zero-order valence-electron chi connectivity index (χ0n) is 12.8. The number of carbonyl (C=O) groups is 1. The summed E-state index contributed by atoms with van der Waals surface area (Å²) in [5.41, 5.74) is 4.82. The molecule has 0 aliphatic carbocycles. The average Bonchev–Trinajstić information content (AvgIpc) is 2.13. The molecule has 0 aliphatic rings. The first-order chi connectivity index (χ1) is 7.92. The summed E-state index contributed by atoms with van der Waals surface area (Å²) >= 11 is 0. The number of carboxylic acid groups (broad SMARTS) is 1. The van der Waals surface area contributed by atoms with Crippen LogP contribution in [0.4, 0.5) is 0 Å². The lowest BCUT2D eigenvalue weighted by Gasteiger charge is -2.36. The minimum Gasteiger partial charge on any atom is -0.481 e. The van der Waals surface area contributed by atoms with Crippen LogP contribution in [0.5, 0.6) is 0 Å². The molecule has 18 heavy (non-hydrogen) atoms. The first-order valence-corrected chi connectivity index (χ1v) is 6.60.